The molecule has 0 fully saturated rings. The fraction of sp³-hybridized carbons (Fsp3) is 0.143. The minimum Gasteiger partial charge on any atom is -0.454 e. The molecule has 1 N–H and O–H groups in total. The van der Waals surface area contributed by atoms with Gasteiger partial charge in [-0.05, 0) is 35.9 Å². The van der Waals surface area contributed by atoms with E-state index in [0.717, 1.165) is 17.8 Å². The maximum atomic E-state index is 12.4. The summed E-state index contributed by atoms with van der Waals surface area (Å²) in [6, 6.07) is 7.41. The van der Waals surface area contributed by atoms with Gasteiger partial charge in [-0.1, -0.05) is 0 Å². The van der Waals surface area contributed by atoms with Gasteiger partial charge < -0.3 is 9.47 Å². The molecule has 0 unspecified atom stereocenters. The predicted octanol–water partition coefficient (Wildman–Crippen LogP) is 3.28. The Labute approximate surface area is 123 Å². The van der Waals surface area contributed by atoms with Crippen molar-refractivity contribution in [2.45, 2.75) is 6.18 Å². The number of fused-ring (bicyclic) bond motifs is 1. The van der Waals surface area contributed by atoms with Gasteiger partial charge in [0.15, 0.2) is 11.5 Å². The first-order valence-electron chi connectivity index (χ1n) is 6.24. The van der Waals surface area contributed by atoms with Crippen molar-refractivity contribution < 1.29 is 22.6 Å². The van der Waals surface area contributed by atoms with E-state index in [4.69, 9.17) is 9.47 Å². The van der Waals surface area contributed by atoms with E-state index in [1.165, 1.54) is 12.3 Å². The third-order valence-corrected chi connectivity index (χ3v) is 2.88. The number of benzene rings is 1. The molecule has 0 atom stereocenters. The largest absolute Gasteiger partial charge is 0.454 e. The molecular weight excluding hydrogens is 299 g/mol. The van der Waals surface area contributed by atoms with Crippen LogP contribution in [0.15, 0.2) is 41.6 Å². The summed E-state index contributed by atoms with van der Waals surface area (Å²) < 4.78 is 47.6. The van der Waals surface area contributed by atoms with Crippen molar-refractivity contribution in [3.63, 3.8) is 0 Å². The van der Waals surface area contributed by atoms with Crippen LogP contribution in [0.4, 0.5) is 19.0 Å². The van der Waals surface area contributed by atoms with E-state index in [1.807, 2.05) is 0 Å². The van der Waals surface area contributed by atoms with E-state index in [1.54, 1.807) is 18.2 Å². The number of alkyl halides is 3. The molecule has 2 aromatic rings. The lowest BCUT2D eigenvalue weighted by Gasteiger charge is -2.06. The van der Waals surface area contributed by atoms with Crippen LogP contribution in [-0.4, -0.2) is 18.0 Å². The summed E-state index contributed by atoms with van der Waals surface area (Å²) in [6.45, 7) is 0.184. The number of anilines is 1. The second-order valence-electron chi connectivity index (χ2n) is 4.41. The minimum atomic E-state index is -4.40. The van der Waals surface area contributed by atoms with E-state index < -0.39 is 11.7 Å². The van der Waals surface area contributed by atoms with Crippen LogP contribution in [0, 0.1) is 0 Å². The Balaban J connectivity index is 1.64. The number of halogens is 3. The molecule has 0 spiro atoms. The summed E-state index contributed by atoms with van der Waals surface area (Å²) in [5.41, 5.74) is 2.50. The van der Waals surface area contributed by atoms with Gasteiger partial charge in [-0.15, -0.1) is 0 Å². The average molecular weight is 309 g/mol. The SMILES string of the molecule is FC(F)(F)c1ccc(NN=Cc2ccc3c(c2)OCO3)nc1. The lowest BCUT2D eigenvalue weighted by molar-refractivity contribution is -0.137. The molecule has 3 rings (SSSR count). The van der Waals surface area contributed by atoms with E-state index in [0.29, 0.717) is 11.5 Å². The molecule has 1 aliphatic heterocycles. The number of ether oxygens (including phenoxy) is 2. The standard InChI is InChI=1S/C14H10F3N3O2/c15-14(16,17)10-2-4-13(18-7-10)20-19-6-9-1-3-11-12(5-9)22-8-21-11/h1-7H,8H2,(H,18,20). The normalized spacial score (nSPS) is 13.6. The van der Waals surface area contributed by atoms with Crippen molar-refractivity contribution in [1.29, 1.82) is 0 Å². The highest BCUT2D eigenvalue weighted by Gasteiger charge is 2.30. The smallest absolute Gasteiger partial charge is 0.417 e. The number of hydrazone groups is 1. The van der Waals surface area contributed by atoms with Crippen molar-refractivity contribution in [1.82, 2.24) is 4.98 Å². The van der Waals surface area contributed by atoms with E-state index in [-0.39, 0.29) is 12.6 Å². The molecular formula is C14H10F3N3O2. The zero-order valence-corrected chi connectivity index (χ0v) is 11.1. The van der Waals surface area contributed by atoms with Gasteiger partial charge in [-0.3, -0.25) is 5.43 Å². The first-order valence-corrected chi connectivity index (χ1v) is 6.24. The number of nitrogens with zero attached hydrogens (tertiary/aromatic N) is 2. The molecule has 2 heterocycles. The third-order valence-electron chi connectivity index (χ3n) is 2.88. The Morgan fingerprint density at radius 3 is 2.68 bits per heavy atom. The molecule has 1 aromatic heterocycles. The van der Waals surface area contributed by atoms with Gasteiger partial charge in [0, 0.05) is 6.20 Å². The van der Waals surface area contributed by atoms with Gasteiger partial charge in [0.05, 0.1) is 11.8 Å². The highest BCUT2D eigenvalue weighted by atomic mass is 19.4. The highest BCUT2D eigenvalue weighted by molar-refractivity contribution is 5.81. The monoisotopic (exact) mass is 309 g/mol. The first kappa shape index (κ1) is 14.2. The van der Waals surface area contributed by atoms with Crippen LogP contribution in [0.5, 0.6) is 11.5 Å². The van der Waals surface area contributed by atoms with Crippen LogP contribution >= 0.6 is 0 Å². The van der Waals surface area contributed by atoms with Crippen molar-refractivity contribution in [2.75, 3.05) is 12.2 Å². The number of hydrogen-bond donors (Lipinski definition) is 1. The molecule has 0 amide bonds. The topological polar surface area (TPSA) is 55.7 Å². The summed E-state index contributed by atoms with van der Waals surface area (Å²) in [6.07, 6.45) is -2.15. The van der Waals surface area contributed by atoms with Crippen LogP contribution in [0.3, 0.4) is 0 Å². The number of aromatic nitrogens is 1. The van der Waals surface area contributed by atoms with Gasteiger partial charge in [-0.25, -0.2) is 4.98 Å². The molecule has 0 saturated carbocycles. The van der Waals surface area contributed by atoms with Gasteiger partial charge in [0.2, 0.25) is 6.79 Å². The fourth-order valence-corrected chi connectivity index (χ4v) is 1.79. The van der Waals surface area contributed by atoms with Crippen molar-refractivity contribution >= 4 is 12.0 Å². The third kappa shape index (κ3) is 3.11. The quantitative estimate of drug-likeness (QED) is 0.698. The van der Waals surface area contributed by atoms with Gasteiger partial charge in [0.1, 0.15) is 5.82 Å². The summed E-state index contributed by atoms with van der Waals surface area (Å²) in [7, 11) is 0. The zero-order valence-electron chi connectivity index (χ0n) is 11.1. The maximum Gasteiger partial charge on any atom is 0.417 e. The number of nitrogens with one attached hydrogen (secondary N) is 1. The molecule has 0 saturated heterocycles. The van der Waals surface area contributed by atoms with Crippen LogP contribution < -0.4 is 14.9 Å². The molecule has 0 aliphatic carbocycles. The molecule has 114 valence electrons. The fourth-order valence-electron chi connectivity index (χ4n) is 1.79. The summed E-state index contributed by atoms with van der Waals surface area (Å²) >= 11 is 0. The Morgan fingerprint density at radius 1 is 1.14 bits per heavy atom. The van der Waals surface area contributed by atoms with E-state index in [9.17, 15) is 13.2 Å². The van der Waals surface area contributed by atoms with Gasteiger partial charge in [0.25, 0.3) is 0 Å². The Hall–Kier alpha value is -2.77. The molecule has 1 aromatic carbocycles. The average Bonchev–Trinajstić information content (AvgIpc) is 2.94. The van der Waals surface area contributed by atoms with E-state index in [2.05, 4.69) is 15.5 Å². The van der Waals surface area contributed by atoms with Crippen molar-refractivity contribution in [2.24, 2.45) is 5.10 Å². The molecule has 0 bridgehead atoms. The summed E-state index contributed by atoms with van der Waals surface area (Å²) in [5, 5.41) is 3.91. The second-order valence-corrected chi connectivity index (χ2v) is 4.41. The number of rotatable bonds is 3. The first-order chi connectivity index (χ1) is 10.5. The minimum absolute atomic E-state index is 0.184. The maximum absolute atomic E-state index is 12.4. The van der Waals surface area contributed by atoms with Crippen molar-refractivity contribution in [3.8, 4) is 11.5 Å². The van der Waals surface area contributed by atoms with Crippen LogP contribution in [0.2, 0.25) is 0 Å². The highest BCUT2D eigenvalue weighted by Crippen LogP contribution is 2.32. The van der Waals surface area contributed by atoms with Crippen molar-refractivity contribution in [3.05, 3.63) is 47.7 Å². The molecule has 5 nitrogen and oxygen atoms in total. The molecule has 22 heavy (non-hydrogen) atoms. The second kappa shape index (κ2) is 5.55. The molecule has 0 radical (unpaired) electrons. The van der Waals surface area contributed by atoms with Crippen LogP contribution in [0.25, 0.3) is 0 Å². The summed E-state index contributed by atoms with van der Waals surface area (Å²) in [4.78, 5) is 3.64. The number of hydrogen-bond acceptors (Lipinski definition) is 5. The Bertz CT molecular complexity index is 699. The van der Waals surface area contributed by atoms with Crippen LogP contribution in [0.1, 0.15) is 11.1 Å². The predicted molar refractivity (Wildman–Crippen MR) is 73.0 cm³/mol. The lowest BCUT2D eigenvalue weighted by Crippen LogP contribution is -2.05. The molecule has 1 aliphatic rings. The van der Waals surface area contributed by atoms with Gasteiger partial charge >= 0.3 is 6.18 Å². The van der Waals surface area contributed by atoms with Crippen LogP contribution in [-0.2, 0) is 6.18 Å². The summed E-state index contributed by atoms with van der Waals surface area (Å²) in [5.74, 6) is 1.50. The van der Waals surface area contributed by atoms with E-state index >= 15 is 0 Å². The number of pyridine rings is 1. The Kier molecular flexibility index (Phi) is 3.58. The Morgan fingerprint density at radius 2 is 1.95 bits per heavy atom. The van der Waals surface area contributed by atoms with Gasteiger partial charge in [-0.2, -0.15) is 18.3 Å². The molecule has 8 heteroatoms. The lowest BCUT2D eigenvalue weighted by atomic mass is 10.2. The zero-order chi connectivity index (χ0) is 15.6.